The van der Waals surface area contributed by atoms with Crippen molar-refractivity contribution in [1.82, 2.24) is 15.1 Å². The first-order valence-electron chi connectivity index (χ1n) is 6.67. The molecule has 102 valence electrons. The molecule has 1 fully saturated rings. The minimum atomic E-state index is -0.303. The molecule has 0 aliphatic carbocycles. The first-order valence-corrected chi connectivity index (χ1v) is 6.67. The van der Waals surface area contributed by atoms with Gasteiger partial charge in [0.15, 0.2) is 0 Å². The minimum Gasteiger partial charge on any atom is -0.330 e. The van der Waals surface area contributed by atoms with E-state index in [2.05, 4.69) is 10.2 Å². The van der Waals surface area contributed by atoms with Crippen LogP contribution in [-0.4, -0.2) is 27.5 Å². The zero-order chi connectivity index (χ0) is 13.9. The molecule has 1 aromatic heterocycles. The van der Waals surface area contributed by atoms with Crippen molar-refractivity contribution >= 4 is 5.91 Å². The van der Waals surface area contributed by atoms with Crippen LogP contribution in [0, 0.1) is 0 Å². The molecule has 1 aromatic carbocycles. The number of amides is 1. The summed E-state index contributed by atoms with van der Waals surface area (Å²) in [7, 11) is 0. The number of nitrogens with zero attached hydrogens (tertiary/aromatic N) is 2. The van der Waals surface area contributed by atoms with Gasteiger partial charge in [0.05, 0.1) is 6.04 Å². The van der Waals surface area contributed by atoms with Crippen LogP contribution in [0.2, 0.25) is 0 Å². The van der Waals surface area contributed by atoms with Crippen molar-refractivity contribution < 1.29 is 4.79 Å². The molecule has 0 radical (unpaired) electrons. The number of aromatic nitrogens is 2. The molecular weight excluding hydrogens is 254 g/mol. The lowest BCUT2D eigenvalue weighted by atomic mass is 10.0. The molecule has 20 heavy (non-hydrogen) atoms. The van der Waals surface area contributed by atoms with Gasteiger partial charge in [-0.15, -0.1) is 0 Å². The van der Waals surface area contributed by atoms with Crippen molar-refractivity contribution in [2.75, 3.05) is 6.54 Å². The lowest BCUT2D eigenvalue weighted by Gasteiger charge is -2.24. The zero-order valence-corrected chi connectivity index (χ0v) is 11.0. The second-order valence-corrected chi connectivity index (χ2v) is 4.87. The van der Waals surface area contributed by atoms with E-state index in [9.17, 15) is 9.59 Å². The predicted octanol–water partition coefficient (Wildman–Crippen LogP) is 1.75. The fourth-order valence-electron chi connectivity index (χ4n) is 2.64. The molecule has 1 aliphatic rings. The highest BCUT2D eigenvalue weighted by Crippen LogP contribution is 2.32. The largest absolute Gasteiger partial charge is 0.330 e. The number of nitrogens with one attached hydrogen (secondary N) is 1. The number of benzene rings is 1. The van der Waals surface area contributed by atoms with Gasteiger partial charge in [-0.3, -0.25) is 9.59 Å². The van der Waals surface area contributed by atoms with E-state index in [0.29, 0.717) is 0 Å². The first kappa shape index (κ1) is 12.6. The van der Waals surface area contributed by atoms with Crippen molar-refractivity contribution in [3.63, 3.8) is 0 Å². The Morgan fingerprint density at radius 3 is 2.70 bits per heavy atom. The number of H-pyrrole nitrogens is 1. The lowest BCUT2D eigenvalue weighted by molar-refractivity contribution is 0.0728. The topological polar surface area (TPSA) is 66.1 Å². The molecule has 1 aliphatic heterocycles. The summed E-state index contributed by atoms with van der Waals surface area (Å²) in [6.45, 7) is 0.721. The maximum Gasteiger partial charge on any atom is 0.274 e. The number of hydrogen-bond acceptors (Lipinski definition) is 3. The van der Waals surface area contributed by atoms with Crippen molar-refractivity contribution in [2.24, 2.45) is 0 Å². The number of likely N-dealkylation sites (tertiary alicyclic amines) is 1. The fourth-order valence-corrected chi connectivity index (χ4v) is 2.64. The normalized spacial score (nSPS) is 18.2. The minimum absolute atomic E-state index is 0.0948. The molecule has 1 N–H and O–H groups in total. The van der Waals surface area contributed by atoms with Gasteiger partial charge in [-0.1, -0.05) is 30.3 Å². The third kappa shape index (κ3) is 2.34. The van der Waals surface area contributed by atoms with Crippen LogP contribution >= 0.6 is 0 Å². The van der Waals surface area contributed by atoms with E-state index in [1.807, 2.05) is 35.2 Å². The van der Waals surface area contributed by atoms with E-state index in [1.54, 1.807) is 0 Å². The average Bonchev–Trinajstić information content (AvgIpc) is 2.97. The number of rotatable bonds is 2. The van der Waals surface area contributed by atoms with Gasteiger partial charge in [0.25, 0.3) is 11.5 Å². The second kappa shape index (κ2) is 5.28. The van der Waals surface area contributed by atoms with Gasteiger partial charge in [-0.25, -0.2) is 5.10 Å². The van der Waals surface area contributed by atoms with Gasteiger partial charge in [0.2, 0.25) is 0 Å². The zero-order valence-electron chi connectivity index (χ0n) is 11.0. The molecule has 2 heterocycles. The molecular formula is C15H15N3O2. The molecule has 1 saturated heterocycles. The molecule has 0 bridgehead atoms. The summed E-state index contributed by atoms with van der Waals surface area (Å²) >= 11 is 0. The average molecular weight is 269 g/mol. The SMILES string of the molecule is O=C(c1ccc(=O)[nH]n1)N1CCCC1c1ccccc1. The van der Waals surface area contributed by atoms with Crippen molar-refractivity contribution in [3.05, 3.63) is 64.1 Å². The Morgan fingerprint density at radius 2 is 2.00 bits per heavy atom. The number of carbonyl (C=O) groups excluding carboxylic acids is 1. The molecule has 1 unspecified atom stereocenters. The standard InChI is InChI=1S/C15H15N3O2/c19-14-9-8-12(16-17-14)15(20)18-10-4-7-13(18)11-5-2-1-3-6-11/h1-3,5-6,8-9,13H,4,7,10H2,(H,17,19). The lowest BCUT2D eigenvalue weighted by Crippen LogP contribution is -2.31. The van der Waals surface area contributed by atoms with Gasteiger partial charge in [0, 0.05) is 12.6 Å². The Morgan fingerprint density at radius 1 is 1.20 bits per heavy atom. The van der Waals surface area contributed by atoms with E-state index in [-0.39, 0.29) is 23.2 Å². The van der Waals surface area contributed by atoms with Crippen LogP contribution < -0.4 is 5.56 Å². The van der Waals surface area contributed by atoms with Crippen LogP contribution in [0.5, 0.6) is 0 Å². The van der Waals surface area contributed by atoms with Gasteiger partial charge >= 0.3 is 0 Å². The molecule has 5 nitrogen and oxygen atoms in total. The quantitative estimate of drug-likeness (QED) is 0.903. The van der Waals surface area contributed by atoms with E-state index in [4.69, 9.17) is 0 Å². The molecule has 1 atom stereocenters. The van der Waals surface area contributed by atoms with Crippen molar-refractivity contribution in [2.45, 2.75) is 18.9 Å². The maximum absolute atomic E-state index is 12.5. The van der Waals surface area contributed by atoms with Gasteiger partial charge in [-0.2, -0.15) is 5.10 Å². The number of carbonyl (C=O) groups is 1. The summed E-state index contributed by atoms with van der Waals surface area (Å²) in [5.41, 5.74) is 1.12. The Balaban J connectivity index is 1.87. The number of hydrogen-bond donors (Lipinski definition) is 1. The highest BCUT2D eigenvalue weighted by atomic mass is 16.2. The Kier molecular flexibility index (Phi) is 3.33. The summed E-state index contributed by atoms with van der Waals surface area (Å²) < 4.78 is 0. The second-order valence-electron chi connectivity index (χ2n) is 4.87. The molecule has 5 heteroatoms. The molecule has 0 spiro atoms. The van der Waals surface area contributed by atoms with Crippen LogP contribution in [0.3, 0.4) is 0 Å². The predicted molar refractivity (Wildman–Crippen MR) is 74.3 cm³/mol. The number of aromatic amines is 1. The fraction of sp³-hybridized carbons (Fsp3) is 0.267. The van der Waals surface area contributed by atoms with Gasteiger partial charge in [-0.05, 0) is 24.5 Å². The highest BCUT2D eigenvalue weighted by molar-refractivity contribution is 5.92. The smallest absolute Gasteiger partial charge is 0.274 e. The van der Waals surface area contributed by atoms with Crippen LogP contribution in [-0.2, 0) is 0 Å². The van der Waals surface area contributed by atoms with Crippen LogP contribution in [0.25, 0.3) is 0 Å². The highest BCUT2D eigenvalue weighted by Gasteiger charge is 2.31. The summed E-state index contributed by atoms with van der Waals surface area (Å²) in [5, 5.41) is 6.13. The van der Waals surface area contributed by atoms with Gasteiger partial charge in [0.1, 0.15) is 5.69 Å². The monoisotopic (exact) mass is 269 g/mol. The van der Waals surface area contributed by atoms with E-state index >= 15 is 0 Å². The third-order valence-electron chi connectivity index (χ3n) is 3.60. The van der Waals surface area contributed by atoms with Crippen LogP contribution in [0.4, 0.5) is 0 Å². The maximum atomic E-state index is 12.5. The summed E-state index contributed by atoms with van der Waals surface area (Å²) in [6, 6.07) is 12.9. The van der Waals surface area contributed by atoms with E-state index in [1.165, 1.54) is 12.1 Å². The van der Waals surface area contributed by atoms with Crippen molar-refractivity contribution in [1.29, 1.82) is 0 Å². The van der Waals surface area contributed by atoms with E-state index < -0.39 is 0 Å². The Bertz CT molecular complexity index is 646. The van der Waals surface area contributed by atoms with Gasteiger partial charge < -0.3 is 4.90 Å². The summed E-state index contributed by atoms with van der Waals surface area (Å²) in [4.78, 5) is 25.3. The van der Waals surface area contributed by atoms with Crippen LogP contribution in [0.1, 0.15) is 34.9 Å². The van der Waals surface area contributed by atoms with E-state index in [0.717, 1.165) is 24.9 Å². The summed E-state index contributed by atoms with van der Waals surface area (Å²) in [6.07, 6.45) is 1.94. The summed E-state index contributed by atoms with van der Waals surface area (Å²) in [5.74, 6) is -0.132. The molecule has 2 aromatic rings. The molecule has 0 saturated carbocycles. The van der Waals surface area contributed by atoms with Crippen molar-refractivity contribution in [3.8, 4) is 0 Å². The van der Waals surface area contributed by atoms with Crippen LogP contribution in [0.15, 0.2) is 47.3 Å². The third-order valence-corrected chi connectivity index (χ3v) is 3.60. The Hall–Kier alpha value is -2.43. The molecule has 3 rings (SSSR count). The Labute approximate surface area is 116 Å². The first-order chi connectivity index (χ1) is 9.75. The molecule has 1 amide bonds.